The van der Waals surface area contributed by atoms with Crippen LogP contribution in [0.15, 0.2) is 30.2 Å². The monoisotopic (exact) mass is 239 g/mol. The lowest BCUT2D eigenvalue weighted by atomic mass is 10.2. The van der Waals surface area contributed by atoms with Crippen LogP contribution < -0.4 is 0 Å². The average molecular weight is 239 g/mol. The number of nitrogens with zero attached hydrogens (tertiary/aromatic N) is 3. The zero-order valence-electron chi connectivity index (χ0n) is 10.5. The topological polar surface area (TPSA) is 48.3 Å². The molecule has 0 aromatic carbocycles. The van der Waals surface area contributed by atoms with Crippen molar-refractivity contribution in [3.05, 3.63) is 25.1 Å². The Morgan fingerprint density at radius 1 is 1.59 bits per heavy atom. The molecule has 0 amide bonds. The third-order valence-electron chi connectivity index (χ3n) is 2.72. The summed E-state index contributed by atoms with van der Waals surface area (Å²) < 4.78 is 5.73. The molecule has 0 saturated carbocycles. The number of hydrogen-bond donors (Lipinski definition) is 1. The van der Waals surface area contributed by atoms with Crippen LogP contribution in [0, 0.1) is 0 Å². The maximum Gasteiger partial charge on any atom is 0.142 e. The summed E-state index contributed by atoms with van der Waals surface area (Å²) in [4.78, 5) is 3.89. The minimum atomic E-state index is -0.0907. The van der Waals surface area contributed by atoms with E-state index in [1.165, 1.54) is 6.21 Å². The van der Waals surface area contributed by atoms with E-state index >= 15 is 0 Å². The molecule has 17 heavy (non-hydrogen) atoms. The van der Waals surface area contributed by atoms with E-state index in [1.54, 1.807) is 0 Å². The smallest absolute Gasteiger partial charge is 0.142 e. The van der Waals surface area contributed by atoms with Crippen LogP contribution in [0.5, 0.6) is 0 Å². The fourth-order valence-electron chi connectivity index (χ4n) is 1.71. The first-order valence-corrected chi connectivity index (χ1v) is 5.80. The summed E-state index contributed by atoms with van der Waals surface area (Å²) in [5.41, 5.74) is 0. The average Bonchev–Trinajstić information content (AvgIpc) is 2.67. The van der Waals surface area contributed by atoms with E-state index in [1.807, 2.05) is 35.3 Å². The van der Waals surface area contributed by atoms with Crippen LogP contribution >= 0.6 is 0 Å². The molecule has 0 spiro atoms. The van der Waals surface area contributed by atoms with Crippen LogP contribution in [-0.2, 0) is 4.74 Å². The van der Waals surface area contributed by atoms with E-state index in [2.05, 4.69) is 18.7 Å². The van der Waals surface area contributed by atoms with Crippen LogP contribution in [0.1, 0.15) is 19.8 Å². The fraction of sp³-hybridized carbons (Fsp3) is 0.583. The second kappa shape index (κ2) is 6.96. The molecular formula is C12H21N3O2. The van der Waals surface area contributed by atoms with Crippen LogP contribution in [0.25, 0.3) is 0 Å². The zero-order valence-corrected chi connectivity index (χ0v) is 10.5. The zero-order chi connectivity index (χ0) is 12.7. The third kappa shape index (κ3) is 3.78. The molecule has 0 radical (unpaired) electrons. The Kier molecular flexibility index (Phi) is 5.56. The highest BCUT2D eigenvalue weighted by Gasteiger charge is 2.22. The van der Waals surface area contributed by atoms with Gasteiger partial charge >= 0.3 is 0 Å². The number of oxime groups is 1. The van der Waals surface area contributed by atoms with E-state index in [9.17, 15) is 0 Å². The molecule has 0 fully saturated rings. The molecular weight excluding hydrogens is 218 g/mol. The van der Waals surface area contributed by atoms with Gasteiger partial charge in [0, 0.05) is 19.4 Å². The van der Waals surface area contributed by atoms with Crippen molar-refractivity contribution in [2.24, 2.45) is 5.16 Å². The summed E-state index contributed by atoms with van der Waals surface area (Å²) in [5, 5.41) is 11.7. The van der Waals surface area contributed by atoms with Crippen LogP contribution in [0.3, 0.4) is 0 Å². The largest absolute Gasteiger partial charge is 0.411 e. The normalized spacial score (nSPS) is 21.4. The second-order valence-corrected chi connectivity index (χ2v) is 4.01. The molecule has 1 rings (SSSR count). The van der Waals surface area contributed by atoms with Crippen LogP contribution in [-0.4, -0.2) is 47.3 Å². The van der Waals surface area contributed by atoms with Crippen molar-refractivity contribution in [1.82, 2.24) is 9.80 Å². The Balaban J connectivity index is 2.45. The third-order valence-corrected chi connectivity index (χ3v) is 2.72. The van der Waals surface area contributed by atoms with Crippen molar-refractivity contribution in [2.45, 2.75) is 32.0 Å². The van der Waals surface area contributed by atoms with Crippen molar-refractivity contribution in [2.75, 3.05) is 13.8 Å². The standard InChI is InChI=1S/C12H21N3O2/c1-4-6-11(5-2)17-10-15-8-7-14(3)12(15)9-13-16/h5,7-9,11-12,16H,2,4,6,10H2,1,3H3/b13-9-. The second-order valence-electron chi connectivity index (χ2n) is 4.01. The van der Waals surface area contributed by atoms with Crippen molar-refractivity contribution >= 4 is 6.21 Å². The Hall–Kier alpha value is -1.49. The maximum absolute atomic E-state index is 8.60. The molecule has 1 heterocycles. The highest BCUT2D eigenvalue weighted by molar-refractivity contribution is 5.64. The van der Waals surface area contributed by atoms with Crippen molar-refractivity contribution in [3.63, 3.8) is 0 Å². The first kappa shape index (κ1) is 13.6. The van der Waals surface area contributed by atoms with Gasteiger partial charge in [-0.25, -0.2) is 0 Å². The van der Waals surface area contributed by atoms with Gasteiger partial charge in [0.1, 0.15) is 12.9 Å². The summed E-state index contributed by atoms with van der Waals surface area (Å²) >= 11 is 0. The molecule has 0 aromatic heterocycles. The first-order valence-electron chi connectivity index (χ1n) is 5.80. The molecule has 0 bridgehead atoms. The predicted octanol–water partition coefficient (Wildman–Crippen LogP) is 1.82. The lowest BCUT2D eigenvalue weighted by Crippen LogP contribution is -2.39. The van der Waals surface area contributed by atoms with Gasteiger partial charge in [-0.1, -0.05) is 24.6 Å². The number of ether oxygens (including phenoxy) is 1. The molecule has 1 aliphatic rings. The van der Waals surface area contributed by atoms with Gasteiger partial charge in [0.05, 0.1) is 12.3 Å². The molecule has 96 valence electrons. The quantitative estimate of drug-likeness (QED) is 0.319. The summed E-state index contributed by atoms with van der Waals surface area (Å²) in [6, 6.07) is 0. The number of hydrogen-bond acceptors (Lipinski definition) is 5. The van der Waals surface area contributed by atoms with Gasteiger partial charge in [-0.2, -0.15) is 0 Å². The molecule has 2 unspecified atom stereocenters. The van der Waals surface area contributed by atoms with Gasteiger partial charge in [-0.3, -0.25) is 0 Å². The van der Waals surface area contributed by atoms with Gasteiger partial charge in [0.15, 0.2) is 0 Å². The summed E-state index contributed by atoms with van der Waals surface area (Å²) in [5.74, 6) is 0. The maximum atomic E-state index is 8.60. The summed E-state index contributed by atoms with van der Waals surface area (Å²) in [6.45, 7) is 6.33. The van der Waals surface area contributed by atoms with E-state index in [0.29, 0.717) is 6.73 Å². The minimum Gasteiger partial charge on any atom is -0.411 e. The van der Waals surface area contributed by atoms with Gasteiger partial charge < -0.3 is 19.7 Å². The minimum absolute atomic E-state index is 0.0750. The van der Waals surface area contributed by atoms with E-state index < -0.39 is 0 Å². The Labute approximate surface area is 103 Å². The molecule has 1 N–H and O–H groups in total. The molecule has 0 aromatic rings. The van der Waals surface area contributed by atoms with E-state index in [4.69, 9.17) is 9.94 Å². The molecule has 0 saturated heterocycles. The molecule has 5 nitrogen and oxygen atoms in total. The summed E-state index contributed by atoms with van der Waals surface area (Å²) in [7, 11) is 1.92. The molecule has 5 heteroatoms. The van der Waals surface area contributed by atoms with Crippen LogP contribution in [0.2, 0.25) is 0 Å². The Bertz CT molecular complexity index is 291. The van der Waals surface area contributed by atoms with E-state index in [-0.39, 0.29) is 12.3 Å². The molecule has 1 aliphatic heterocycles. The molecule has 2 atom stereocenters. The summed E-state index contributed by atoms with van der Waals surface area (Å²) in [6.07, 6.45) is 9.13. The Morgan fingerprint density at radius 3 is 2.94 bits per heavy atom. The Morgan fingerprint density at radius 2 is 2.35 bits per heavy atom. The van der Waals surface area contributed by atoms with Crippen LogP contribution in [0.4, 0.5) is 0 Å². The SMILES string of the molecule is C=CC(CCC)OCN1C=CN(C)C1/C=N\O. The number of rotatable bonds is 7. The highest BCUT2D eigenvalue weighted by atomic mass is 16.5. The highest BCUT2D eigenvalue weighted by Crippen LogP contribution is 2.13. The van der Waals surface area contributed by atoms with Gasteiger partial charge in [0.25, 0.3) is 0 Å². The van der Waals surface area contributed by atoms with Crippen molar-refractivity contribution < 1.29 is 9.94 Å². The first-order chi connectivity index (χ1) is 8.22. The van der Waals surface area contributed by atoms with Crippen molar-refractivity contribution in [3.8, 4) is 0 Å². The molecule has 0 aliphatic carbocycles. The van der Waals surface area contributed by atoms with Crippen molar-refractivity contribution in [1.29, 1.82) is 0 Å². The van der Waals surface area contributed by atoms with Gasteiger partial charge in [0.2, 0.25) is 0 Å². The fourth-order valence-corrected chi connectivity index (χ4v) is 1.71. The lowest BCUT2D eigenvalue weighted by molar-refractivity contribution is 0.000414. The lowest BCUT2D eigenvalue weighted by Gasteiger charge is -2.27. The van der Waals surface area contributed by atoms with Gasteiger partial charge in [-0.15, -0.1) is 6.58 Å². The van der Waals surface area contributed by atoms with Gasteiger partial charge in [-0.05, 0) is 6.42 Å². The predicted molar refractivity (Wildman–Crippen MR) is 67.7 cm³/mol. The van der Waals surface area contributed by atoms with E-state index in [0.717, 1.165) is 12.8 Å².